The Morgan fingerprint density at radius 3 is 2.58 bits per heavy atom. The fourth-order valence-electron chi connectivity index (χ4n) is 3.35. The number of aromatic nitrogens is 3. The van der Waals surface area contributed by atoms with Gasteiger partial charge in [-0.3, -0.25) is 4.79 Å². The molecule has 1 amide bonds. The maximum atomic E-state index is 11.5. The second-order valence-electron chi connectivity index (χ2n) is 7.44. The maximum Gasteiger partial charge on any atom is 0.232 e. The first-order chi connectivity index (χ1) is 14.9. The molecule has 31 heavy (non-hydrogen) atoms. The van der Waals surface area contributed by atoms with Crippen molar-refractivity contribution in [3.05, 3.63) is 58.9 Å². The average molecular weight is 439 g/mol. The molecule has 2 heterocycles. The Hall–Kier alpha value is -3.39. The summed E-state index contributed by atoms with van der Waals surface area (Å²) in [5.41, 5.74) is 3.51. The molecule has 1 aliphatic heterocycles. The summed E-state index contributed by atoms with van der Waals surface area (Å²) in [5, 5.41) is 6.79. The number of carbonyl (C=O) groups excluding carboxylic acids is 1. The highest BCUT2D eigenvalue weighted by molar-refractivity contribution is 6.30. The summed E-state index contributed by atoms with van der Waals surface area (Å²) < 4.78 is 5.93. The largest absolute Gasteiger partial charge is 0.487 e. The van der Waals surface area contributed by atoms with Gasteiger partial charge in [-0.25, -0.2) is 9.97 Å². The van der Waals surface area contributed by atoms with Crippen LogP contribution in [0, 0.1) is 13.8 Å². The van der Waals surface area contributed by atoms with Crippen molar-refractivity contribution in [3.8, 4) is 5.75 Å². The minimum atomic E-state index is -0.112. The van der Waals surface area contributed by atoms with Gasteiger partial charge in [0.25, 0.3) is 0 Å². The van der Waals surface area contributed by atoms with E-state index in [1.165, 1.54) is 13.3 Å². The maximum absolute atomic E-state index is 11.5. The Bertz CT molecular complexity index is 1100. The fraction of sp³-hybridized carbons (Fsp3) is 0.273. The summed E-state index contributed by atoms with van der Waals surface area (Å²) in [6.45, 7) is 6.76. The first-order valence-electron chi connectivity index (χ1n) is 9.90. The molecule has 2 N–H and O–H groups in total. The van der Waals surface area contributed by atoms with E-state index in [1.54, 1.807) is 0 Å². The summed E-state index contributed by atoms with van der Waals surface area (Å²) in [6, 6.07) is 11.2. The van der Waals surface area contributed by atoms with Crippen LogP contribution in [0.25, 0.3) is 0 Å². The number of carbonyl (C=O) groups is 1. The molecule has 3 aromatic rings. The Balaban J connectivity index is 1.42. The molecule has 1 fully saturated rings. The third-order valence-corrected chi connectivity index (χ3v) is 5.28. The Morgan fingerprint density at radius 1 is 1.13 bits per heavy atom. The number of halogens is 1. The highest BCUT2D eigenvalue weighted by Gasteiger charge is 2.30. The van der Waals surface area contributed by atoms with E-state index < -0.39 is 0 Å². The number of nitrogens with one attached hydrogen (secondary N) is 2. The molecule has 0 bridgehead atoms. The van der Waals surface area contributed by atoms with Crippen molar-refractivity contribution in [1.82, 2.24) is 15.0 Å². The van der Waals surface area contributed by atoms with Crippen molar-refractivity contribution in [2.24, 2.45) is 0 Å². The zero-order valence-corrected chi connectivity index (χ0v) is 18.3. The lowest BCUT2D eigenvalue weighted by Crippen LogP contribution is -2.54. The van der Waals surface area contributed by atoms with Gasteiger partial charge in [0.15, 0.2) is 0 Å². The number of hydrogen-bond acceptors (Lipinski definition) is 7. The van der Waals surface area contributed by atoms with Crippen LogP contribution in [-0.4, -0.2) is 40.1 Å². The summed E-state index contributed by atoms with van der Waals surface area (Å²) in [4.78, 5) is 26.6. The smallest absolute Gasteiger partial charge is 0.232 e. The van der Waals surface area contributed by atoms with Crippen LogP contribution in [-0.2, 0) is 4.79 Å². The molecule has 1 saturated heterocycles. The molecule has 0 atom stereocenters. The van der Waals surface area contributed by atoms with Gasteiger partial charge in [-0.2, -0.15) is 4.98 Å². The van der Waals surface area contributed by atoms with E-state index in [0.29, 0.717) is 30.0 Å². The summed E-state index contributed by atoms with van der Waals surface area (Å²) in [7, 11) is 0. The van der Waals surface area contributed by atoms with Crippen LogP contribution >= 0.6 is 11.6 Å². The highest BCUT2D eigenvalue weighted by Crippen LogP contribution is 2.29. The molecule has 2 aromatic carbocycles. The van der Waals surface area contributed by atoms with Crippen molar-refractivity contribution >= 4 is 40.8 Å². The topological polar surface area (TPSA) is 92.3 Å². The van der Waals surface area contributed by atoms with Crippen molar-refractivity contribution in [1.29, 1.82) is 0 Å². The molecule has 0 unspecified atom stereocenters. The predicted octanol–water partition coefficient (Wildman–Crippen LogP) is 4.11. The van der Waals surface area contributed by atoms with E-state index in [0.717, 1.165) is 28.3 Å². The minimum absolute atomic E-state index is 0.0638. The van der Waals surface area contributed by atoms with Gasteiger partial charge in [0.1, 0.15) is 18.2 Å². The average Bonchev–Trinajstić information content (AvgIpc) is 2.71. The molecule has 4 rings (SSSR count). The van der Waals surface area contributed by atoms with E-state index in [2.05, 4.69) is 25.6 Å². The molecule has 0 spiro atoms. The lowest BCUT2D eigenvalue weighted by atomic mass is 10.1. The fourth-order valence-corrected chi connectivity index (χ4v) is 3.48. The molecule has 0 saturated carbocycles. The second-order valence-corrected chi connectivity index (χ2v) is 7.88. The van der Waals surface area contributed by atoms with Gasteiger partial charge in [0, 0.05) is 23.3 Å². The van der Waals surface area contributed by atoms with Crippen LogP contribution in [0.2, 0.25) is 5.02 Å². The monoisotopic (exact) mass is 438 g/mol. The molecular weight excluding hydrogens is 416 g/mol. The number of benzene rings is 2. The van der Waals surface area contributed by atoms with E-state index >= 15 is 0 Å². The van der Waals surface area contributed by atoms with Crippen LogP contribution in [0.15, 0.2) is 42.7 Å². The van der Waals surface area contributed by atoms with Gasteiger partial charge >= 0.3 is 0 Å². The van der Waals surface area contributed by atoms with E-state index in [4.69, 9.17) is 16.3 Å². The molecule has 8 nitrogen and oxygen atoms in total. The molecule has 9 heteroatoms. The second kappa shape index (κ2) is 8.77. The van der Waals surface area contributed by atoms with Crippen LogP contribution in [0.1, 0.15) is 18.1 Å². The van der Waals surface area contributed by atoms with Gasteiger partial charge < -0.3 is 20.3 Å². The molecule has 160 valence electrons. The lowest BCUT2D eigenvalue weighted by Gasteiger charge is -2.38. The van der Waals surface area contributed by atoms with Gasteiger partial charge in [0.05, 0.1) is 13.1 Å². The molecule has 0 aliphatic carbocycles. The first-order valence-corrected chi connectivity index (χ1v) is 10.3. The summed E-state index contributed by atoms with van der Waals surface area (Å²) >= 11 is 5.91. The molecular formula is C22H23ClN6O2. The number of ether oxygens (including phenoxy) is 1. The normalized spacial score (nSPS) is 13.5. The first kappa shape index (κ1) is 20.9. The standard InChI is InChI=1S/C22H23ClN6O2/c1-13-4-9-19(14(2)20(13)26-15(3)30)27-21-24-12-25-22(28-21)29-10-18(11-29)31-17-7-5-16(23)6-8-17/h4-9,12,18H,10-11H2,1-3H3,(H,26,30)(H,24,25,27,28). The third-order valence-electron chi connectivity index (χ3n) is 5.03. The van der Waals surface area contributed by atoms with Gasteiger partial charge in [-0.05, 0) is 55.3 Å². The highest BCUT2D eigenvalue weighted by atomic mass is 35.5. The van der Waals surface area contributed by atoms with Gasteiger partial charge in [0.2, 0.25) is 17.8 Å². The molecule has 1 aromatic heterocycles. The zero-order chi connectivity index (χ0) is 22.0. The lowest BCUT2D eigenvalue weighted by molar-refractivity contribution is -0.114. The molecule has 0 radical (unpaired) electrons. The zero-order valence-electron chi connectivity index (χ0n) is 17.5. The number of hydrogen-bond donors (Lipinski definition) is 2. The van der Waals surface area contributed by atoms with E-state index in [9.17, 15) is 4.79 Å². The van der Waals surface area contributed by atoms with Crippen molar-refractivity contribution in [2.75, 3.05) is 28.6 Å². The Morgan fingerprint density at radius 2 is 1.87 bits per heavy atom. The van der Waals surface area contributed by atoms with Crippen LogP contribution in [0.4, 0.5) is 23.3 Å². The quantitative estimate of drug-likeness (QED) is 0.598. The summed E-state index contributed by atoms with van der Waals surface area (Å²) in [6.07, 6.45) is 1.55. The number of aryl methyl sites for hydroxylation is 1. The van der Waals surface area contributed by atoms with Crippen LogP contribution in [0.3, 0.4) is 0 Å². The number of anilines is 4. The number of rotatable bonds is 6. The van der Waals surface area contributed by atoms with Crippen molar-refractivity contribution in [2.45, 2.75) is 26.9 Å². The van der Waals surface area contributed by atoms with Gasteiger partial charge in [-0.1, -0.05) is 17.7 Å². The predicted molar refractivity (Wildman–Crippen MR) is 121 cm³/mol. The van der Waals surface area contributed by atoms with Crippen molar-refractivity contribution < 1.29 is 9.53 Å². The third kappa shape index (κ3) is 4.86. The van der Waals surface area contributed by atoms with Crippen LogP contribution < -0.4 is 20.3 Å². The van der Waals surface area contributed by atoms with Crippen LogP contribution in [0.5, 0.6) is 5.75 Å². The van der Waals surface area contributed by atoms with E-state index in [1.807, 2.05) is 55.1 Å². The Kier molecular flexibility index (Phi) is 5.90. The SMILES string of the molecule is CC(=O)Nc1c(C)ccc(Nc2ncnc(N3CC(Oc4ccc(Cl)cc4)C3)n2)c1C. The number of nitrogens with zero attached hydrogens (tertiary/aromatic N) is 4. The number of amides is 1. The summed E-state index contributed by atoms with van der Waals surface area (Å²) in [5.74, 6) is 1.70. The molecule has 1 aliphatic rings. The Labute approximate surface area is 185 Å². The van der Waals surface area contributed by atoms with Gasteiger partial charge in [-0.15, -0.1) is 0 Å². The van der Waals surface area contributed by atoms with Crippen molar-refractivity contribution in [3.63, 3.8) is 0 Å². The minimum Gasteiger partial charge on any atom is -0.487 e. The van der Waals surface area contributed by atoms with E-state index in [-0.39, 0.29) is 12.0 Å².